The smallest absolute Gasteiger partial charge is 0.493 e. The van der Waals surface area contributed by atoms with Crippen LogP contribution in [0.25, 0.3) is 16.9 Å². The quantitative estimate of drug-likeness (QED) is 0.0273. The maximum Gasteiger partial charge on any atom is 2.00 e. The van der Waals surface area contributed by atoms with Gasteiger partial charge in [-0.05, 0) is 86.8 Å². The second-order valence-corrected chi connectivity index (χ2v) is 23.4. The summed E-state index contributed by atoms with van der Waals surface area (Å²) in [6.07, 6.45) is 70.1. The first-order chi connectivity index (χ1) is 38.0. The van der Waals surface area contributed by atoms with Gasteiger partial charge < -0.3 is 5.53 Å². The molecule has 2 nitrogen and oxygen atoms in total. The molecular formula is C75H128N2Ni. The Labute approximate surface area is 498 Å². The third kappa shape index (κ3) is 39.6. The minimum atomic E-state index is 0. The van der Waals surface area contributed by atoms with E-state index in [0.29, 0.717) is 0 Å². The van der Waals surface area contributed by atoms with Crippen LogP contribution in [0.3, 0.4) is 0 Å². The Balaban J connectivity index is 0.00000807. The molecule has 78 heavy (non-hydrogen) atoms. The van der Waals surface area contributed by atoms with Gasteiger partial charge in [0.15, 0.2) is 0 Å². The van der Waals surface area contributed by atoms with Gasteiger partial charge in [0, 0.05) is 22.3 Å². The van der Waals surface area contributed by atoms with Crippen LogP contribution >= 0.6 is 0 Å². The van der Waals surface area contributed by atoms with Crippen molar-refractivity contribution in [2.75, 3.05) is 0 Å². The van der Waals surface area contributed by atoms with E-state index in [1.54, 1.807) is 4.70 Å². The summed E-state index contributed by atoms with van der Waals surface area (Å²) in [4.78, 5) is 0. The first kappa shape index (κ1) is 75.2. The van der Waals surface area contributed by atoms with Gasteiger partial charge in [-0.15, -0.1) is 0 Å². The number of rotatable bonds is 51. The van der Waals surface area contributed by atoms with Crippen LogP contribution in [0.15, 0.2) is 85.0 Å². The van der Waals surface area contributed by atoms with Crippen molar-refractivity contribution in [3.63, 3.8) is 0 Å². The third-order valence-electron chi connectivity index (χ3n) is 16.2. The molecule has 1 heterocycles. The van der Waals surface area contributed by atoms with Crippen LogP contribution in [-0.4, -0.2) is 4.70 Å². The monoisotopic (exact) mass is 1110 g/mol. The van der Waals surface area contributed by atoms with Gasteiger partial charge >= 0.3 is 16.5 Å². The van der Waals surface area contributed by atoms with Crippen LogP contribution in [0.4, 0.5) is 0 Å². The summed E-state index contributed by atoms with van der Waals surface area (Å²) in [7, 11) is 0. The average molecular weight is 1120 g/mol. The van der Waals surface area contributed by atoms with Crippen molar-refractivity contribution in [2.24, 2.45) is 0 Å². The van der Waals surface area contributed by atoms with Crippen LogP contribution in [0.1, 0.15) is 352 Å². The number of nitrogens with zero attached hydrogens (tertiary/aromatic N) is 2. The molecule has 1 aliphatic rings. The van der Waals surface area contributed by atoms with Gasteiger partial charge in [-0.1, -0.05) is 315 Å². The number of hydrogen-bond donors (Lipinski definition) is 0. The Morgan fingerprint density at radius 2 is 0.538 bits per heavy atom. The number of hydrogen-bond acceptors (Lipinski definition) is 0. The zero-order valence-electron chi connectivity index (χ0n) is 52.5. The predicted molar refractivity (Wildman–Crippen MR) is 349 cm³/mol. The molecule has 0 amide bonds. The van der Waals surface area contributed by atoms with E-state index in [2.05, 4.69) is 103 Å². The normalized spacial score (nSPS) is 12.1. The second-order valence-electron chi connectivity index (χ2n) is 23.4. The Bertz CT molecular complexity index is 1730. The van der Waals surface area contributed by atoms with E-state index in [1.807, 2.05) is 0 Å². The van der Waals surface area contributed by atoms with Crippen molar-refractivity contribution in [3.05, 3.63) is 127 Å². The fourth-order valence-corrected chi connectivity index (χ4v) is 11.6. The summed E-state index contributed by atoms with van der Waals surface area (Å²) in [6.45, 7) is 22.2. The molecule has 448 valence electrons. The molecule has 0 atom stereocenters. The fourth-order valence-electron chi connectivity index (χ4n) is 11.6. The molecule has 0 saturated carbocycles. The molecule has 2 aromatic carbocycles. The number of benzene rings is 2. The van der Waals surface area contributed by atoms with E-state index in [4.69, 9.17) is 0 Å². The van der Waals surface area contributed by atoms with E-state index in [9.17, 15) is 5.53 Å². The van der Waals surface area contributed by atoms with Gasteiger partial charge in [0.1, 0.15) is 0 Å². The molecule has 0 radical (unpaired) electrons. The Kier molecular flexibility index (Phi) is 55.4. The molecular weight excluding hydrogens is 988 g/mol. The maximum absolute atomic E-state index is 12.4. The van der Waals surface area contributed by atoms with Crippen LogP contribution in [0.2, 0.25) is 0 Å². The second kappa shape index (κ2) is 57.5. The summed E-state index contributed by atoms with van der Waals surface area (Å²) in [6, 6.07) is 18.4. The van der Waals surface area contributed by atoms with E-state index in [1.165, 1.54) is 322 Å². The predicted octanol–water partition coefficient (Wildman–Crippen LogP) is 26.4. The molecule has 1 aliphatic heterocycles. The number of aryl methyl sites for hydroxylation is 2. The van der Waals surface area contributed by atoms with Crippen molar-refractivity contribution < 1.29 is 21.2 Å². The number of allylic oxidation sites excluding steroid dienone is 4. The first-order valence-corrected chi connectivity index (χ1v) is 33.9. The molecule has 3 heteroatoms. The molecule has 2 aromatic rings. The zero-order valence-corrected chi connectivity index (χ0v) is 53.4. The topological polar surface area (TPSA) is 25.3 Å². The van der Waals surface area contributed by atoms with Gasteiger partial charge in [0.05, 0.1) is 0 Å². The molecule has 0 bridgehead atoms. The van der Waals surface area contributed by atoms with Gasteiger partial charge in [-0.2, -0.15) is 0 Å². The summed E-state index contributed by atoms with van der Waals surface area (Å²) in [5, 5.41) is 0. The summed E-state index contributed by atoms with van der Waals surface area (Å²) < 4.78 is 1.63. The molecule has 0 aromatic heterocycles. The zero-order chi connectivity index (χ0) is 55.9. The van der Waals surface area contributed by atoms with Crippen LogP contribution < -0.4 is 0 Å². The van der Waals surface area contributed by atoms with Gasteiger partial charge in [0.25, 0.3) is 0 Å². The van der Waals surface area contributed by atoms with E-state index >= 15 is 0 Å². The molecule has 0 saturated heterocycles. The summed E-state index contributed by atoms with van der Waals surface area (Å²) in [5.74, 6) is 0. The third-order valence-corrected chi connectivity index (χ3v) is 16.2. The average Bonchev–Trinajstić information content (AvgIpc) is 3.76. The summed E-state index contributed by atoms with van der Waals surface area (Å²) in [5.41, 5.74) is 22.5. The van der Waals surface area contributed by atoms with Crippen molar-refractivity contribution in [2.45, 2.75) is 342 Å². The first-order valence-electron chi connectivity index (χ1n) is 33.9. The minimum absolute atomic E-state index is 0. The SMILES string of the molecule is C=C[CH2-].C=C[CH2-].CCCCCCCCCCCCCCCCCCCCCCCCCCc1cccc(C2=C(CCCC)C(CCCCCCCCCCCCCCCCCCC)=C(c3cccc(CCCC)c3)[N+]2=[N-])c1.[Ni+2]. The van der Waals surface area contributed by atoms with Gasteiger partial charge in [0.2, 0.25) is 11.4 Å². The standard InChI is InChI=1S/C69H118N2.2C3H5.Ni/c1-5-9-13-15-17-19-21-23-25-27-28-29-30-31-32-33-35-36-38-40-42-44-46-48-53-63-55-51-57-65(61-63)68-66(58-12-8-4)67(69(71(68)70)64-56-50-54-62(60-64)52-11-7-3)59-49-47-45-43-41-39-37-34-26-24-22-20-18-16-14-10-6-2;2*1-3-2;/h50-51,54-57,60-61H,5-49,52-53,58-59H2,1-4H3;2*3H,1-2H2;/q;2*-1;+2. The minimum Gasteiger partial charge on any atom is -0.493 e. The molecule has 0 aliphatic carbocycles. The maximum atomic E-state index is 12.4. The van der Waals surface area contributed by atoms with Crippen LogP contribution in [0, 0.1) is 13.8 Å². The Hall–Kier alpha value is -2.77. The van der Waals surface area contributed by atoms with Crippen LogP contribution in [0.5, 0.6) is 0 Å². The molecule has 0 N–H and O–H groups in total. The van der Waals surface area contributed by atoms with Crippen molar-refractivity contribution in [3.8, 4) is 0 Å². The molecule has 0 unspecified atom stereocenters. The number of unbranched alkanes of at least 4 members (excludes halogenated alkanes) is 41. The largest absolute Gasteiger partial charge is 2.00 e. The van der Waals surface area contributed by atoms with Crippen LogP contribution in [-0.2, 0) is 29.3 Å². The Morgan fingerprint density at radius 3 is 0.808 bits per heavy atom. The van der Waals surface area contributed by atoms with Crippen molar-refractivity contribution in [1.29, 1.82) is 0 Å². The fraction of sp³-hybridized carbons (Fsp3) is 0.707. The molecule has 0 fully saturated rings. The van der Waals surface area contributed by atoms with Crippen molar-refractivity contribution >= 4 is 11.4 Å². The Morgan fingerprint density at radius 1 is 0.333 bits per heavy atom. The van der Waals surface area contributed by atoms with Crippen molar-refractivity contribution in [1.82, 2.24) is 0 Å². The summed E-state index contributed by atoms with van der Waals surface area (Å²) >= 11 is 0. The molecule has 0 spiro atoms. The van der Waals surface area contributed by atoms with E-state index in [0.717, 1.165) is 49.9 Å². The van der Waals surface area contributed by atoms with E-state index < -0.39 is 0 Å². The molecule has 3 rings (SSSR count). The van der Waals surface area contributed by atoms with Gasteiger partial charge in [-0.25, -0.2) is 43.9 Å². The van der Waals surface area contributed by atoms with Gasteiger partial charge in [-0.3, -0.25) is 0 Å². The van der Waals surface area contributed by atoms with E-state index in [-0.39, 0.29) is 16.5 Å².